The average molecular weight is 291 g/mol. The highest BCUT2D eigenvalue weighted by Gasteiger charge is 2.33. The molecule has 0 radical (unpaired) electrons. The van der Waals surface area contributed by atoms with Crippen LogP contribution in [-0.2, 0) is 4.74 Å². The number of carbonyl (C=O) groups excluding carboxylic acids is 1. The number of fused-ring (bicyclic) bond motifs is 1. The van der Waals surface area contributed by atoms with Crippen molar-refractivity contribution in [3.8, 4) is 0 Å². The molecule has 4 heteroatoms. The Bertz CT molecular complexity index is 486. The van der Waals surface area contributed by atoms with Gasteiger partial charge in [0.05, 0.1) is 12.7 Å². The van der Waals surface area contributed by atoms with E-state index in [1.807, 2.05) is 0 Å². The van der Waals surface area contributed by atoms with Gasteiger partial charge in [0.1, 0.15) is 5.82 Å². The van der Waals surface area contributed by atoms with Crippen molar-refractivity contribution >= 4 is 5.78 Å². The van der Waals surface area contributed by atoms with Gasteiger partial charge in [0.15, 0.2) is 5.78 Å². The summed E-state index contributed by atoms with van der Waals surface area (Å²) in [4.78, 5) is 14.6. The van der Waals surface area contributed by atoms with Crippen LogP contribution in [0.1, 0.15) is 42.5 Å². The molecule has 2 aliphatic rings. The molecule has 0 amide bonds. The summed E-state index contributed by atoms with van der Waals surface area (Å²) >= 11 is 0. The summed E-state index contributed by atoms with van der Waals surface area (Å²) in [6.45, 7) is 2.46. The molecule has 1 saturated heterocycles. The molecule has 0 aromatic heterocycles. The first-order valence-electron chi connectivity index (χ1n) is 7.88. The van der Waals surface area contributed by atoms with Gasteiger partial charge < -0.3 is 4.74 Å². The monoisotopic (exact) mass is 291 g/mol. The highest BCUT2D eigenvalue weighted by atomic mass is 19.1. The number of ketones is 1. The Morgan fingerprint density at radius 3 is 2.81 bits per heavy atom. The van der Waals surface area contributed by atoms with Crippen molar-refractivity contribution in [2.75, 3.05) is 19.7 Å². The maximum absolute atomic E-state index is 12.9. The fraction of sp³-hybridized carbons (Fsp3) is 0.588. The van der Waals surface area contributed by atoms with Crippen LogP contribution in [0.4, 0.5) is 4.39 Å². The van der Waals surface area contributed by atoms with Gasteiger partial charge in [-0.2, -0.15) is 0 Å². The molecule has 2 atom stereocenters. The second kappa shape index (κ2) is 6.67. The topological polar surface area (TPSA) is 29.5 Å². The summed E-state index contributed by atoms with van der Waals surface area (Å²) in [5.74, 6) is -0.210. The van der Waals surface area contributed by atoms with Crippen molar-refractivity contribution < 1.29 is 13.9 Å². The standard InChI is InChI=1S/C17H22FNO2/c18-14-7-5-13(6-8-14)16(20)9-10-19-11-12-21-17-4-2-1-3-15(17)19/h5-8,15,17H,1-4,9-12H2. The lowest BCUT2D eigenvalue weighted by molar-refractivity contribution is -0.0874. The molecule has 2 unspecified atom stereocenters. The third kappa shape index (κ3) is 3.50. The van der Waals surface area contributed by atoms with Crippen molar-refractivity contribution in [3.63, 3.8) is 0 Å². The van der Waals surface area contributed by atoms with Gasteiger partial charge in [-0.05, 0) is 37.1 Å². The number of carbonyl (C=O) groups is 1. The lowest BCUT2D eigenvalue weighted by Gasteiger charge is -2.43. The van der Waals surface area contributed by atoms with E-state index in [-0.39, 0.29) is 11.6 Å². The van der Waals surface area contributed by atoms with E-state index in [0.717, 1.165) is 26.1 Å². The van der Waals surface area contributed by atoms with Gasteiger partial charge in [-0.25, -0.2) is 4.39 Å². The fourth-order valence-electron chi connectivity index (χ4n) is 3.48. The maximum atomic E-state index is 12.9. The Labute approximate surface area is 125 Å². The van der Waals surface area contributed by atoms with E-state index in [2.05, 4.69) is 4.90 Å². The molecule has 3 nitrogen and oxygen atoms in total. The molecule has 1 aromatic carbocycles. The van der Waals surface area contributed by atoms with E-state index in [1.165, 1.54) is 31.4 Å². The zero-order chi connectivity index (χ0) is 14.7. The minimum atomic E-state index is -0.301. The largest absolute Gasteiger partial charge is 0.375 e. The van der Waals surface area contributed by atoms with Gasteiger partial charge in [-0.3, -0.25) is 9.69 Å². The molecule has 0 bridgehead atoms. The average Bonchev–Trinajstić information content (AvgIpc) is 2.53. The molecule has 1 saturated carbocycles. The van der Waals surface area contributed by atoms with Crippen LogP contribution in [0.15, 0.2) is 24.3 Å². The zero-order valence-electron chi connectivity index (χ0n) is 12.3. The smallest absolute Gasteiger partial charge is 0.164 e. The minimum Gasteiger partial charge on any atom is -0.375 e. The predicted molar refractivity (Wildman–Crippen MR) is 78.9 cm³/mol. The van der Waals surface area contributed by atoms with Gasteiger partial charge in [0, 0.05) is 31.1 Å². The molecular formula is C17H22FNO2. The van der Waals surface area contributed by atoms with Crippen LogP contribution in [0.3, 0.4) is 0 Å². The number of nitrogens with zero attached hydrogens (tertiary/aromatic N) is 1. The van der Waals surface area contributed by atoms with Gasteiger partial charge in [-0.1, -0.05) is 12.8 Å². The van der Waals surface area contributed by atoms with Crippen LogP contribution >= 0.6 is 0 Å². The minimum absolute atomic E-state index is 0.0915. The number of Topliss-reactive ketones (excluding diaryl/α,β-unsaturated/α-hetero) is 1. The summed E-state index contributed by atoms with van der Waals surface area (Å²) in [6, 6.07) is 6.31. The summed E-state index contributed by atoms with van der Waals surface area (Å²) in [6.07, 6.45) is 5.68. The number of hydrogen-bond donors (Lipinski definition) is 0. The van der Waals surface area contributed by atoms with Crippen LogP contribution in [-0.4, -0.2) is 42.5 Å². The Kier molecular flexibility index (Phi) is 4.66. The molecule has 1 aliphatic carbocycles. The van der Waals surface area contributed by atoms with Crippen molar-refractivity contribution in [2.24, 2.45) is 0 Å². The van der Waals surface area contributed by atoms with Crippen LogP contribution < -0.4 is 0 Å². The highest BCUT2D eigenvalue weighted by Crippen LogP contribution is 2.28. The van der Waals surface area contributed by atoms with Crippen molar-refractivity contribution in [1.29, 1.82) is 0 Å². The number of benzene rings is 1. The van der Waals surface area contributed by atoms with E-state index in [9.17, 15) is 9.18 Å². The number of hydrogen-bond acceptors (Lipinski definition) is 3. The Morgan fingerprint density at radius 1 is 1.24 bits per heavy atom. The summed E-state index contributed by atoms with van der Waals surface area (Å²) in [7, 11) is 0. The van der Waals surface area contributed by atoms with E-state index >= 15 is 0 Å². The van der Waals surface area contributed by atoms with Gasteiger partial charge in [0.25, 0.3) is 0 Å². The second-order valence-electron chi connectivity index (χ2n) is 5.98. The number of halogens is 1. The van der Waals surface area contributed by atoms with E-state index in [0.29, 0.717) is 24.1 Å². The Hall–Kier alpha value is -1.26. The summed E-state index contributed by atoms with van der Waals surface area (Å²) < 4.78 is 18.7. The molecule has 2 fully saturated rings. The molecule has 114 valence electrons. The SMILES string of the molecule is O=C(CCN1CCOC2CCCCC21)c1ccc(F)cc1. The molecule has 0 N–H and O–H groups in total. The normalized spacial score (nSPS) is 26.3. The van der Waals surface area contributed by atoms with E-state index in [4.69, 9.17) is 4.74 Å². The predicted octanol–water partition coefficient (Wildman–Crippen LogP) is 3.04. The third-order valence-electron chi connectivity index (χ3n) is 4.64. The van der Waals surface area contributed by atoms with E-state index in [1.54, 1.807) is 12.1 Å². The quantitative estimate of drug-likeness (QED) is 0.799. The highest BCUT2D eigenvalue weighted by molar-refractivity contribution is 5.96. The zero-order valence-corrected chi connectivity index (χ0v) is 12.3. The van der Waals surface area contributed by atoms with Crippen LogP contribution in [0.5, 0.6) is 0 Å². The number of ether oxygens (including phenoxy) is 1. The fourth-order valence-corrected chi connectivity index (χ4v) is 3.48. The van der Waals surface area contributed by atoms with Crippen molar-refractivity contribution in [2.45, 2.75) is 44.2 Å². The van der Waals surface area contributed by atoms with Crippen LogP contribution in [0.25, 0.3) is 0 Å². The maximum Gasteiger partial charge on any atom is 0.164 e. The molecule has 1 heterocycles. The molecule has 1 aliphatic heterocycles. The van der Waals surface area contributed by atoms with Crippen LogP contribution in [0, 0.1) is 5.82 Å². The Balaban J connectivity index is 1.56. The number of rotatable bonds is 4. The first kappa shape index (κ1) is 14.7. The lowest BCUT2D eigenvalue weighted by Crippen LogP contribution is -2.53. The summed E-state index contributed by atoms with van der Waals surface area (Å²) in [5, 5.41) is 0. The third-order valence-corrected chi connectivity index (χ3v) is 4.64. The molecular weight excluding hydrogens is 269 g/mol. The van der Waals surface area contributed by atoms with Crippen molar-refractivity contribution in [3.05, 3.63) is 35.6 Å². The first-order valence-corrected chi connectivity index (χ1v) is 7.88. The second-order valence-corrected chi connectivity index (χ2v) is 5.98. The molecule has 21 heavy (non-hydrogen) atoms. The first-order chi connectivity index (χ1) is 10.2. The van der Waals surface area contributed by atoms with Gasteiger partial charge >= 0.3 is 0 Å². The van der Waals surface area contributed by atoms with Gasteiger partial charge in [-0.15, -0.1) is 0 Å². The Morgan fingerprint density at radius 2 is 2.00 bits per heavy atom. The van der Waals surface area contributed by atoms with E-state index < -0.39 is 0 Å². The van der Waals surface area contributed by atoms with Crippen LogP contribution in [0.2, 0.25) is 0 Å². The lowest BCUT2D eigenvalue weighted by atomic mass is 9.90. The molecule has 1 aromatic rings. The summed E-state index contributed by atoms with van der Waals surface area (Å²) in [5.41, 5.74) is 0.602. The van der Waals surface area contributed by atoms with Gasteiger partial charge in [0.2, 0.25) is 0 Å². The van der Waals surface area contributed by atoms with Crippen molar-refractivity contribution in [1.82, 2.24) is 4.90 Å². The number of morpholine rings is 1. The molecule has 0 spiro atoms. The molecule has 3 rings (SSSR count).